The minimum Gasteiger partial charge on any atom is -0.376 e. The van der Waals surface area contributed by atoms with Crippen LogP contribution in [0.3, 0.4) is 0 Å². The van der Waals surface area contributed by atoms with Gasteiger partial charge < -0.3 is 15.5 Å². The van der Waals surface area contributed by atoms with E-state index in [-0.39, 0.29) is 18.4 Å². The largest absolute Gasteiger partial charge is 0.376 e. The zero-order valence-electron chi connectivity index (χ0n) is 16.1. The first kappa shape index (κ1) is 20.2. The van der Waals surface area contributed by atoms with Crippen LogP contribution in [0.5, 0.6) is 0 Å². The van der Waals surface area contributed by atoms with Gasteiger partial charge in [-0.3, -0.25) is 9.59 Å². The molecule has 2 aromatic carbocycles. The molecule has 0 spiro atoms. The lowest BCUT2D eigenvalue weighted by molar-refractivity contribution is -0.114. The highest BCUT2D eigenvalue weighted by Crippen LogP contribution is 2.22. The van der Waals surface area contributed by atoms with Crippen LogP contribution < -0.4 is 10.6 Å². The standard InChI is InChI=1S/C22H26ClN3O2/c1-16-19(23)7-6-8-20(16)24-15-21(27)25-18-11-9-17(10-12-18)22(28)26-13-4-2-3-5-14-26/h6-12,24H,2-5,13-15H2,1H3,(H,25,27). The van der Waals surface area contributed by atoms with Gasteiger partial charge >= 0.3 is 0 Å². The average Bonchev–Trinajstić information content (AvgIpc) is 2.99. The van der Waals surface area contributed by atoms with E-state index in [9.17, 15) is 9.59 Å². The van der Waals surface area contributed by atoms with Crippen LogP contribution in [-0.4, -0.2) is 36.3 Å². The molecule has 0 unspecified atom stereocenters. The van der Waals surface area contributed by atoms with Crippen LogP contribution in [0.15, 0.2) is 42.5 Å². The van der Waals surface area contributed by atoms with Crippen LogP contribution in [0.2, 0.25) is 5.02 Å². The Hall–Kier alpha value is -2.53. The van der Waals surface area contributed by atoms with E-state index in [0.717, 1.165) is 37.2 Å². The molecular weight excluding hydrogens is 374 g/mol. The zero-order chi connectivity index (χ0) is 19.9. The number of halogens is 1. The smallest absolute Gasteiger partial charge is 0.253 e. The molecule has 1 fully saturated rings. The fourth-order valence-electron chi connectivity index (χ4n) is 3.33. The molecule has 1 aliphatic rings. The third-order valence-corrected chi connectivity index (χ3v) is 5.43. The first-order valence-corrected chi connectivity index (χ1v) is 10.1. The van der Waals surface area contributed by atoms with Crippen molar-refractivity contribution in [2.75, 3.05) is 30.3 Å². The highest BCUT2D eigenvalue weighted by Gasteiger charge is 2.17. The molecule has 0 atom stereocenters. The summed E-state index contributed by atoms with van der Waals surface area (Å²) in [6, 6.07) is 12.6. The second kappa shape index (κ2) is 9.60. The number of nitrogens with zero attached hydrogens (tertiary/aromatic N) is 1. The summed E-state index contributed by atoms with van der Waals surface area (Å²) in [5.41, 5.74) is 3.07. The Morgan fingerprint density at radius 3 is 2.36 bits per heavy atom. The topological polar surface area (TPSA) is 61.4 Å². The van der Waals surface area contributed by atoms with E-state index in [0.29, 0.717) is 16.3 Å². The van der Waals surface area contributed by atoms with E-state index in [1.807, 2.05) is 30.0 Å². The Morgan fingerprint density at radius 1 is 1.00 bits per heavy atom. The monoisotopic (exact) mass is 399 g/mol. The van der Waals surface area contributed by atoms with Gasteiger partial charge in [-0.05, 0) is 61.7 Å². The number of carbonyl (C=O) groups excluding carboxylic acids is 2. The molecule has 6 heteroatoms. The predicted molar refractivity (Wildman–Crippen MR) is 114 cm³/mol. The summed E-state index contributed by atoms with van der Waals surface area (Å²) in [6.45, 7) is 3.69. The van der Waals surface area contributed by atoms with Gasteiger partial charge in [0.2, 0.25) is 5.91 Å². The molecule has 2 amide bonds. The number of amides is 2. The lowest BCUT2D eigenvalue weighted by atomic mass is 10.1. The number of anilines is 2. The summed E-state index contributed by atoms with van der Waals surface area (Å²) in [5, 5.41) is 6.60. The van der Waals surface area contributed by atoms with Gasteiger partial charge in [-0.25, -0.2) is 0 Å². The Kier molecular flexibility index (Phi) is 6.93. The van der Waals surface area contributed by atoms with E-state index < -0.39 is 0 Å². The van der Waals surface area contributed by atoms with E-state index in [1.54, 1.807) is 24.3 Å². The summed E-state index contributed by atoms with van der Waals surface area (Å²) in [5.74, 6) is -0.0937. The van der Waals surface area contributed by atoms with Gasteiger partial charge in [0, 0.05) is 35.1 Å². The Bertz CT molecular complexity index is 828. The molecule has 0 saturated carbocycles. The summed E-state index contributed by atoms with van der Waals surface area (Å²) in [6.07, 6.45) is 4.52. The second-order valence-corrected chi connectivity index (χ2v) is 7.51. The molecule has 2 aromatic rings. The Labute approximate surface area is 171 Å². The molecule has 0 radical (unpaired) electrons. The summed E-state index contributed by atoms with van der Waals surface area (Å²) in [7, 11) is 0. The van der Waals surface area contributed by atoms with Crippen molar-refractivity contribution in [2.24, 2.45) is 0 Å². The zero-order valence-corrected chi connectivity index (χ0v) is 16.9. The normalized spacial score (nSPS) is 14.3. The van der Waals surface area contributed by atoms with Gasteiger partial charge in [-0.1, -0.05) is 30.5 Å². The van der Waals surface area contributed by atoms with Gasteiger partial charge in [0.05, 0.1) is 6.54 Å². The Morgan fingerprint density at radius 2 is 1.68 bits per heavy atom. The molecule has 5 nitrogen and oxygen atoms in total. The molecule has 148 valence electrons. The number of hydrogen-bond acceptors (Lipinski definition) is 3. The van der Waals surface area contributed by atoms with Crippen molar-refractivity contribution in [3.63, 3.8) is 0 Å². The molecule has 2 N–H and O–H groups in total. The van der Waals surface area contributed by atoms with Crippen LogP contribution in [-0.2, 0) is 4.79 Å². The molecule has 1 heterocycles. The second-order valence-electron chi connectivity index (χ2n) is 7.10. The molecule has 3 rings (SSSR count). The maximum absolute atomic E-state index is 12.6. The van der Waals surface area contributed by atoms with E-state index in [4.69, 9.17) is 11.6 Å². The summed E-state index contributed by atoms with van der Waals surface area (Å²) in [4.78, 5) is 26.8. The molecule has 1 saturated heterocycles. The van der Waals surface area contributed by atoms with Gasteiger partial charge in [0.25, 0.3) is 5.91 Å². The van der Waals surface area contributed by atoms with Gasteiger partial charge in [0.15, 0.2) is 0 Å². The first-order valence-electron chi connectivity index (χ1n) is 9.73. The average molecular weight is 400 g/mol. The maximum Gasteiger partial charge on any atom is 0.253 e. The lowest BCUT2D eigenvalue weighted by Gasteiger charge is -2.20. The highest BCUT2D eigenvalue weighted by atomic mass is 35.5. The van der Waals surface area contributed by atoms with Crippen molar-refractivity contribution >= 4 is 34.8 Å². The van der Waals surface area contributed by atoms with Crippen LogP contribution in [0.4, 0.5) is 11.4 Å². The molecule has 0 aliphatic carbocycles. The van der Waals surface area contributed by atoms with E-state index in [2.05, 4.69) is 10.6 Å². The van der Waals surface area contributed by atoms with Crippen LogP contribution in [0, 0.1) is 6.92 Å². The summed E-state index contributed by atoms with van der Waals surface area (Å²) >= 11 is 6.09. The minimum absolute atomic E-state index is 0.0675. The fourth-order valence-corrected chi connectivity index (χ4v) is 3.51. The van der Waals surface area contributed by atoms with Crippen molar-refractivity contribution < 1.29 is 9.59 Å². The Balaban J connectivity index is 1.54. The number of nitrogens with one attached hydrogen (secondary N) is 2. The number of hydrogen-bond donors (Lipinski definition) is 2. The van der Waals surface area contributed by atoms with E-state index >= 15 is 0 Å². The van der Waals surface area contributed by atoms with Crippen molar-refractivity contribution in [3.05, 3.63) is 58.6 Å². The van der Waals surface area contributed by atoms with Gasteiger partial charge in [-0.2, -0.15) is 0 Å². The van der Waals surface area contributed by atoms with Crippen LogP contribution in [0.25, 0.3) is 0 Å². The van der Waals surface area contributed by atoms with Gasteiger partial charge in [-0.15, -0.1) is 0 Å². The molecule has 1 aliphatic heterocycles. The van der Waals surface area contributed by atoms with Crippen LogP contribution >= 0.6 is 11.6 Å². The van der Waals surface area contributed by atoms with E-state index in [1.165, 1.54) is 12.8 Å². The lowest BCUT2D eigenvalue weighted by Crippen LogP contribution is -2.31. The maximum atomic E-state index is 12.6. The number of likely N-dealkylation sites (tertiary alicyclic amines) is 1. The quantitative estimate of drug-likeness (QED) is 0.765. The predicted octanol–water partition coefficient (Wildman–Crippen LogP) is 4.72. The molecule has 0 aromatic heterocycles. The van der Waals surface area contributed by atoms with Gasteiger partial charge in [0.1, 0.15) is 0 Å². The molecule has 0 bridgehead atoms. The highest BCUT2D eigenvalue weighted by molar-refractivity contribution is 6.31. The number of rotatable bonds is 5. The minimum atomic E-state index is -0.161. The summed E-state index contributed by atoms with van der Waals surface area (Å²) < 4.78 is 0. The van der Waals surface area contributed by atoms with Crippen molar-refractivity contribution in [3.8, 4) is 0 Å². The first-order chi connectivity index (χ1) is 13.5. The SMILES string of the molecule is Cc1c(Cl)cccc1NCC(=O)Nc1ccc(C(=O)N2CCCCCC2)cc1. The van der Waals surface area contributed by atoms with Crippen molar-refractivity contribution in [1.29, 1.82) is 0 Å². The van der Waals surface area contributed by atoms with Crippen molar-refractivity contribution in [1.82, 2.24) is 4.90 Å². The molecule has 28 heavy (non-hydrogen) atoms. The number of benzene rings is 2. The number of carbonyl (C=O) groups is 2. The molecular formula is C22H26ClN3O2. The van der Waals surface area contributed by atoms with Crippen molar-refractivity contribution in [2.45, 2.75) is 32.6 Å². The third-order valence-electron chi connectivity index (χ3n) is 5.02. The van der Waals surface area contributed by atoms with Crippen LogP contribution in [0.1, 0.15) is 41.6 Å². The fraction of sp³-hybridized carbons (Fsp3) is 0.364. The third kappa shape index (κ3) is 5.26.